The predicted octanol–water partition coefficient (Wildman–Crippen LogP) is 5.05. The highest BCUT2D eigenvalue weighted by molar-refractivity contribution is 5.97. The van der Waals surface area contributed by atoms with Crippen LogP contribution < -0.4 is 10.1 Å². The quantitative estimate of drug-likeness (QED) is 0.707. The maximum absolute atomic E-state index is 12.9. The lowest BCUT2D eigenvalue weighted by atomic mass is 9.79. The highest BCUT2D eigenvalue weighted by atomic mass is 16.6. The summed E-state index contributed by atoms with van der Waals surface area (Å²) in [5.41, 5.74) is 3.03. The van der Waals surface area contributed by atoms with Crippen LogP contribution in [-0.2, 0) is 14.3 Å². The summed E-state index contributed by atoms with van der Waals surface area (Å²) in [5, 5.41) is 3.00. The van der Waals surface area contributed by atoms with Gasteiger partial charge in [0.25, 0.3) is 0 Å². The lowest BCUT2D eigenvalue weighted by molar-refractivity contribution is -0.145. The van der Waals surface area contributed by atoms with Crippen molar-refractivity contribution in [3.05, 3.63) is 53.6 Å². The Balaban J connectivity index is 1.28. The molecule has 1 aliphatic heterocycles. The molecule has 0 unspecified atom stereocenters. The first-order valence-corrected chi connectivity index (χ1v) is 10.8. The second-order valence-corrected chi connectivity index (χ2v) is 9.23. The Morgan fingerprint density at radius 2 is 1.90 bits per heavy atom. The Morgan fingerprint density at radius 1 is 1.13 bits per heavy atom. The molecular formula is C25H27NO4. The van der Waals surface area contributed by atoms with E-state index in [2.05, 4.69) is 31.3 Å². The van der Waals surface area contributed by atoms with Crippen molar-refractivity contribution in [1.82, 2.24) is 0 Å². The summed E-state index contributed by atoms with van der Waals surface area (Å²) in [6.07, 6.45) is 1.80. The zero-order chi connectivity index (χ0) is 21.0. The second-order valence-electron chi connectivity index (χ2n) is 9.23. The number of carbonyl (C=O) groups is 2. The molecule has 5 rings (SSSR count). The molecule has 2 aliphatic carbocycles. The number of esters is 1. The van der Waals surface area contributed by atoms with Gasteiger partial charge < -0.3 is 14.8 Å². The van der Waals surface area contributed by atoms with Crippen LogP contribution in [0.5, 0.6) is 11.5 Å². The minimum Gasteiger partial charge on any atom is -0.462 e. The molecule has 0 radical (unpaired) electrons. The summed E-state index contributed by atoms with van der Waals surface area (Å²) in [5.74, 6) is 1.66. The molecule has 2 aromatic rings. The Morgan fingerprint density at radius 3 is 2.63 bits per heavy atom. The summed E-state index contributed by atoms with van der Waals surface area (Å²) >= 11 is 0. The maximum Gasteiger partial charge on any atom is 0.310 e. The molecule has 2 saturated carbocycles. The fourth-order valence-corrected chi connectivity index (χ4v) is 5.53. The molecule has 1 saturated heterocycles. The van der Waals surface area contributed by atoms with Crippen LogP contribution in [0.15, 0.2) is 42.5 Å². The van der Waals surface area contributed by atoms with Gasteiger partial charge in [-0.2, -0.15) is 0 Å². The molecule has 3 aliphatic rings. The molecule has 156 valence electrons. The molecule has 1 amide bonds. The van der Waals surface area contributed by atoms with Crippen LogP contribution in [0.2, 0.25) is 0 Å². The van der Waals surface area contributed by atoms with Gasteiger partial charge >= 0.3 is 5.97 Å². The van der Waals surface area contributed by atoms with Crippen LogP contribution in [0.1, 0.15) is 43.7 Å². The van der Waals surface area contributed by atoms with Gasteiger partial charge in [-0.1, -0.05) is 26.0 Å². The smallest absolute Gasteiger partial charge is 0.310 e. The molecule has 3 fully saturated rings. The number of rotatable bonds is 5. The number of ether oxygens (including phenoxy) is 2. The number of anilines is 1. The fourth-order valence-electron chi connectivity index (χ4n) is 5.53. The van der Waals surface area contributed by atoms with Gasteiger partial charge in [-0.05, 0) is 73.1 Å². The Hall–Kier alpha value is -2.82. The van der Waals surface area contributed by atoms with Crippen LogP contribution in [-0.4, -0.2) is 18.0 Å². The zero-order valence-corrected chi connectivity index (χ0v) is 17.6. The summed E-state index contributed by atoms with van der Waals surface area (Å²) in [6, 6.07) is 13.7. The van der Waals surface area contributed by atoms with Gasteiger partial charge in [0, 0.05) is 11.6 Å². The van der Waals surface area contributed by atoms with Gasteiger partial charge in [0.05, 0.1) is 11.8 Å². The van der Waals surface area contributed by atoms with Crippen molar-refractivity contribution in [3.63, 3.8) is 0 Å². The van der Waals surface area contributed by atoms with E-state index in [9.17, 15) is 9.59 Å². The number of benzene rings is 2. The number of amides is 1. The van der Waals surface area contributed by atoms with Crippen LogP contribution in [0.3, 0.4) is 0 Å². The third-order valence-corrected chi connectivity index (χ3v) is 6.93. The van der Waals surface area contributed by atoms with E-state index in [1.165, 1.54) is 0 Å². The van der Waals surface area contributed by atoms with Gasteiger partial charge in [0.1, 0.15) is 17.6 Å². The molecular weight excluding hydrogens is 378 g/mol. The van der Waals surface area contributed by atoms with Crippen molar-refractivity contribution in [3.8, 4) is 11.5 Å². The van der Waals surface area contributed by atoms with E-state index >= 15 is 0 Å². The van der Waals surface area contributed by atoms with E-state index < -0.39 is 0 Å². The Labute approximate surface area is 176 Å². The molecule has 2 aromatic carbocycles. The monoisotopic (exact) mass is 405 g/mol. The summed E-state index contributed by atoms with van der Waals surface area (Å²) in [6.45, 7) is 6.34. The minimum atomic E-state index is -0.266. The molecule has 30 heavy (non-hydrogen) atoms. The molecule has 2 bridgehead atoms. The number of carbonyl (C=O) groups excluding carboxylic acids is 2. The van der Waals surface area contributed by atoms with E-state index in [1.807, 2.05) is 37.3 Å². The van der Waals surface area contributed by atoms with Crippen LogP contribution in [0.25, 0.3) is 0 Å². The first kappa shape index (κ1) is 19.2. The highest BCUT2D eigenvalue weighted by Gasteiger charge is 2.63. The molecule has 1 heterocycles. The number of fused-ring (bicyclic) bond motifs is 1. The number of hydrogen-bond acceptors (Lipinski definition) is 4. The van der Waals surface area contributed by atoms with Gasteiger partial charge in [-0.25, -0.2) is 0 Å². The van der Waals surface area contributed by atoms with Gasteiger partial charge in [0.2, 0.25) is 5.91 Å². The van der Waals surface area contributed by atoms with E-state index in [4.69, 9.17) is 9.47 Å². The maximum atomic E-state index is 12.9. The Kier molecular flexibility index (Phi) is 4.57. The van der Waals surface area contributed by atoms with E-state index in [0.717, 1.165) is 35.5 Å². The summed E-state index contributed by atoms with van der Waals surface area (Å²) in [4.78, 5) is 25.1. The van der Waals surface area contributed by atoms with Crippen molar-refractivity contribution < 1.29 is 19.1 Å². The van der Waals surface area contributed by atoms with Crippen molar-refractivity contribution in [2.24, 2.45) is 23.7 Å². The second kappa shape index (κ2) is 7.15. The Bertz CT molecular complexity index is 995. The summed E-state index contributed by atoms with van der Waals surface area (Å²) < 4.78 is 11.6. The van der Waals surface area contributed by atoms with Gasteiger partial charge in [-0.15, -0.1) is 0 Å². The fraction of sp³-hybridized carbons (Fsp3) is 0.440. The van der Waals surface area contributed by atoms with Crippen molar-refractivity contribution >= 4 is 17.6 Å². The van der Waals surface area contributed by atoms with Gasteiger partial charge in [-0.3, -0.25) is 9.59 Å². The predicted molar refractivity (Wildman–Crippen MR) is 113 cm³/mol. The third-order valence-electron chi connectivity index (χ3n) is 6.93. The van der Waals surface area contributed by atoms with E-state index in [-0.39, 0.29) is 41.7 Å². The lowest BCUT2D eigenvalue weighted by Crippen LogP contribution is -2.35. The van der Waals surface area contributed by atoms with Crippen LogP contribution in [0, 0.1) is 30.6 Å². The zero-order valence-electron chi connectivity index (χ0n) is 17.6. The molecule has 5 nitrogen and oxygen atoms in total. The van der Waals surface area contributed by atoms with E-state index in [1.54, 1.807) is 0 Å². The number of hydrogen-bond donors (Lipinski definition) is 1. The number of aryl methyl sites for hydroxylation is 1. The SMILES string of the molecule is Cc1ccc(C(C)C)c(Oc2ccc(NC(=O)[C@@H]3[C@@H]4C[C@@H]5[C@@H]3C(=O)O[C@@H]5C4)cc2)c1. The molecule has 5 atom stereocenters. The number of nitrogens with one attached hydrogen (secondary N) is 1. The first-order chi connectivity index (χ1) is 14.4. The van der Waals surface area contributed by atoms with Crippen LogP contribution in [0.4, 0.5) is 5.69 Å². The molecule has 0 aromatic heterocycles. The van der Waals surface area contributed by atoms with Gasteiger partial charge in [0.15, 0.2) is 0 Å². The first-order valence-electron chi connectivity index (χ1n) is 10.8. The molecule has 0 spiro atoms. The lowest BCUT2D eigenvalue weighted by Gasteiger charge is -2.23. The van der Waals surface area contributed by atoms with Crippen LogP contribution >= 0.6 is 0 Å². The van der Waals surface area contributed by atoms with Crippen molar-refractivity contribution in [2.45, 2.75) is 45.6 Å². The topological polar surface area (TPSA) is 64.6 Å². The largest absolute Gasteiger partial charge is 0.462 e. The van der Waals surface area contributed by atoms with E-state index in [0.29, 0.717) is 11.6 Å². The van der Waals surface area contributed by atoms with Crippen molar-refractivity contribution in [1.29, 1.82) is 0 Å². The summed E-state index contributed by atoms with van der Waals surface area (Å²) in [7, 11) is 0. The molecule has 5 heteroatoms. The highest BCUT2D eigenvalue weighted by Crippen LogP contribution is 2.57. The normalized spacial score (nSPS) is 28.7. The average Bonchev–Trinajstić information content (AvgIpc) is 3.32. The minimum absolute atomic E-state index is 0.0466. The van der Waals surface area contributed by atoms with Crippen molar-refractivity contribution in [2.75, 3.05) is 5.32 Å². The average molecular weight is 405 g/mol. The third kappa shape index (κ3) is 3.17. The standard InChI is InChI=1S/C25H27NO4/c1-13(2)18-9-4-14(3)10-20(18)29-17-7-5-16(6-8-17)26-24(27)22-15-11-19-21(12-15)30-25(28)23(19)22/h4-10,13,15,19,21-23H,11-12H2,1-3H3,(H,26,27)/t15-,19+,21-,22-,23+/m1/s1. The molecule has 1 N–H and O–H groups in total.